The molecule has 0 unspecified atom stereocenters. The Kier molecular flexibility index (Phi) is 12.2. The van der Waals surface area contributed by atoms with Gasteiger partial charge in [0.2, 0.25) is 5.88 Å². The molecule has 60 heavy (non-hydrogen) atoms. The maximum atomic E-state index is 13.5. The largest absolute Gasteiger partial charge is 0.493 e. The van der Waals surface area contributed by atoms with E-state index in [1.54, 1.807) is 32.9 Å². The lowest BCUT2D eigenvalue weighted by Crippen LogP contribution is -2.44. The van der Waals surface area contributed by atoms with Crippen LogP contribution in [-0.4, -0.2) is 87.4 Å². The topological polar surface area (TPSA) is 139 Å². The zero-order valence-corrected chi connectivity index (χ0v) is 33.4. The number of aryl methyl sites for hydroxylation is 1. The molecular formula is C44H44F3N5O8. The first-order valence-corrected chi connectivity index (χ1v) is 19.5. The lowest BCUT2D eigenvalue weighted by atomic mass is 10.0. The molecule has 4 bridgehead atoms. The van der Waals surface area contributed by atoms with Crippen LogP contribution in [0, 0.1) is 6.57 Å². The minimum absolute atomic E-state index is 0.0265. The van der Waals surface area contributed by atoms with Crippen LogP contribution in [0.25, 0.3) is 27.1 Å². The van der Waals surface area contributed by atoms with E-state index in [1.165, 1.54) is 12.1 Å². The summed E-state index contributed by atoms with van der Waals surface area (Å²) in [6.07, 6.45) is -3.72. The molecule has 16 heteroatoms. The van der Waals surface area contributed by atoms with Gasteiger partial charge in [-0.1, -0.05) is 42.0 Å². The zero-order valence-electron chi connectivity index (χ0n) is 33.4. The maximum absolute atomic E-state index is 13.5. The molecule has 1 amide bonds. The quantitative estimate of drug-likeness (QED) is 0.136. The Labute approximate surface area is 344 Å². The number of halogens is 3. The molecule has 0 radical (unpaired) electrons. The van der Waals surface area contributed by atoms with Crippen molar-refractivity contribution >= 4 is 28.8 Å². The number of hydrogen-bond acceptors (Lipinski definition) is 9. The number of carboxylic acid groups (broad SMARTS) is 1. The highest BCUT2D eigenvalue weighted by atomic mass is 19.4. The minimum Gasteiger partial charge on any atom is -0.493 e. The van der Waals surface area contributed by atoms with Gasteiger partial charge in [0.1, 0.15) is 48.2 Å². The van der Waals surface area contributed by atoms with E-state index in [2.05, 4.69) is 4.85 Å². The fraction of sp³-hybridized carbons (Fsp3) is 0.386. The Morgan fingerprint density at radius 2 is 1.83 bits per heavy atom. The van der Waals surface area contributed by atoms with Gasteiger partial charge in [-0.25, -0.2) is 24.4 Å². The van der Waals surface area contributed by atoms with E-state index in [0.29, 0.717) is 84.0 Å². The number of imidazole rings is 1. The molecule has 2 aliphatic rings. The van der Waals surface area contributed by atoms with Gasteiger partial charge in [-0.15, -0.1) is 0 Å². The highest BCUT2D eigenvalue weighted by molar-refractivity contribution is 5.95. The third kappa shape index (κ3) is 10.3. The molecule has 314 valence electrons. The number of aromatic carboxylic acids is 1. The standard InChI is InChI=1S/C44H44F3N5O8/c1-43(2,3)60-42(55)51(26-44(45,46)47)15-18-58-37-22-31(41(53)54)20-35-40(37)50-38(52(35)24-33-14-17-56-33)23-29-11-10-28-21-36(29)57-16-6-7-27-19-32(48-4)13-12-30(27)25-59-39-9-5-8-34(28)49-39/h5,8-13,19-22,33H,6-7,14-18,23-26H2,1-3H3,(H,53,54)/t33-/m0/s1. The lowest BCUT2D eigenvalue weighted by Gasteiger charge is -2.28. The number of fused-ring (bicyclic) bond motifs is 7. The highest BCUT2D eigenvalue weighted by Gasteiger charge is 2.35. The summed E-state index contributed by atoms with van der Waals surface area (Å²) in [7, 11) is 0. The summed E-state index contributed by atoms with van der Waals surface area (Å²) in [4.78, 5) is 38.9. The molecule has 1 saturated heterocycles. The van der Waals surface area contributed by atoms with Gasteiger partial charge in [0, 0.05) is 30.2 Å². The van der Waals surface area contributed by atoms with Crippen LogP contribution in [0.1, 0.15) is 66.5 Å². The van der Waals surface area contributed by atoms with Crippen LogP contribution in [0.3, 0.4) is 0 Å². The second-order valence-electron chi connectivity index (χ2n) is 15.6. The van der Waals surface area contributed by atoms with Crippen molar-refractivity contribution in [1.82, 2.24) is 19.4 Å². The number of pyridine rings is 1. The molecule has 1 N–H and O–H groups in total. The summed E-state index contributed by atoms with van der Waals surface area (Å²) < 4.78 is 72.0. The van der Waals surface area contributed by atoms with Crippen LogP contribution in [0.4, 0.5) is 23.7 Å². The zero-order chi connectivity index (χ0) is 42.6. The van der Waals surface area contributed by atoms with Gasteiger partial charge in [-0.05, 0) is 69.9 Å². The van der Waals surface area contributed by atoms with Crippen molar-refractivity contribution in [3.05, 3.63) is 106 Å². The van der Waals surface area contributed by atoms with Crippen molar-refractivity contribution in [3.8, 4) is 28.6 Å². The van der Waals surface area contributed by atoms with Gasteiger partial charge in [0.25, 0.3) is 0 Å². The van der Waals surface area contributed by atoms with Gasteiger partial charge >= 0.3 is 18.2 Å². The molecule has 3 aromatic carbocycles. The van der Waals surface area contributed by atoms with Crippen molar-refractivity contribution in [1.29, 1.82) is 0 Å². The van der Waals surface area contributed by atoms with E-state index in [1.807, 2.05) is 47.0 Å². The van der Waals surface area contributed by atoms with Crippen molar-refractivity contribution in [2.45, 2.75) is 77.5 Å². The number of benzene rings is 3. The summed E-state index contributed by atoms with van der Waals surface area (Å²) in [5.74, 6) is 0.353. The number of hydrogen-bond donors (Lipinski definition) is 1. The number of nitrogens with zero attached hydrogens (tertiary/aromatic N) is 5. The molecule has 13 nitrogen and oxygen atoms in total. The van der Waals surface area contributed by atoms with Gasteiger partial charge < -0.3 is 33.4 Å². The Hall–Kier alpha value is -6.34. The number of aromatic nitrogens is 3. The average Bonchev–Trinajstić information content (AvgIpc) is 3.52. The van der Waals surface area contributed by atoms with Gasteiger partial charge in [-0.3, -0.25) is 4.90 Å². The number of carbonyl (C=O) groups excluding carboxylic acids is 1. The number of carbonyl (C=O) groups is 2. The van der Waals surface area contributed by atoms with E-state index in [-0.39, 0.29) is 23.8 Å². The normalized spacial score (nSPS) is 15.3. The van der Waals surface area contributed by atoms with E-state index in [4.69, 9.17) is 40.2 Å². The van der Waals surface area contributed by atoms with E-state index in [0.717, 1.165) is 28.7 Å². The summed E-state index contributed by atoms with van der Waals surface area (Å²) in [5, 5.41) is 10.1. The highest BCUT2D eigenvalue weighted by Crippen LogP contribution is 2.34. The monoisotopic (exact) mass is 827 g/mol. The summed E-state index contributed by atoms with van der Waals surface area (Å²) in [6.45, 7) is 11.3. The van der Waals surface area contributed by atoms with Crippen molar-refractivity contribution in [3.63, 3.8) is 0 Å². The predicted molar refractivity (Wildman–Crippen MR) is 214 cm³/mol. The first-order chi connectivity index (χ1) is 28.6. The smallest absolute Gasteiger partial charge is 0.410 e. The van der Waals surface area contributed by atoms with Gasteiger partial charge in [0.05, 0.1) is 49.1 Å². The van der Waals surface area contributed by atoms with Crippen LogP contribution >= 0.6 is 0 Å². The van der Waals surface area contributed by atoms with Gasteiger partial charge in [-0.2, -0.15) is 13.2 Å². The third-order valence-corrected chi connectivity index (χ3v) is 9.94. The van der Waals surface area contributed by atoms with E-state index in [9.17, 15) is 27.9 Å². The fourth-order valence-electron chi connectivity index (χ4n) is 6.96. The van der Waals surface area contributed by atoms with E-state index >= 15 is 0 Å². The molecule has 2 aliphatic heterocycles. The summed E-state index contributed by atoms with van der Waals surface area (Å²) >= 11 is 0. The number of alkyl halides is 3. The molecule has 2 aromatic heterocycles. The van der Waals surface area contributed by atoms with E-state index < -0.39 is 43.5 Å². The molecule has 0 spiro atoms. The second-order valence-corrected chi connectivity index (χ2v) is 15.6. The molecule has 4 heterocycles. The van der Waals surface area contributed by atoms with Gasteiger partial charge in [0.15, 0.2) is 5.69 Å². The molecule has 0 saturated carbocycles. The van der Waals surface area contributed by atoms with Crippen LogP contribution in [-0.2, 0) is 35.5 Å². The lowest BCUT2D eigenvalue weighted by molar-refractivity contribution is -0.145. The Balaban J connectivity index is 1.22. The molecular weight excluding hydrogens is 784 g/mol. The van der Waals surface area contributed by atoms with Crippen LogP contribution < -0.4 is 14.2 Å². The number of rotatable bonds is 10. The van der Waals surface area contributed by atoms with Crippen molar-refractivity contribution in [2.75, 3.05) is 32.9 Å². The number of carboxylic acids is 1. The first-order valence-electron chi connectivity index (χ1n) is 19.5. The Morgan fingerprint density at radius 3 is 2.55 bits per heavy atom. The van der Waals surface area contributed by atoms with Crippen LogP contribution in [0.5, 0.6) is 17.4 Å². The predicted octanol–water partition coefficient (Wildman–Crippen LogP) is 8.81. The summed E-state index contributed by atoms with van der Waals surface area (Å²) in [6, 6.07) is 19.6. The van der Waals surface area contributed by atoms with Crippen molar-refractivity contribution in [2.24, 2.45) is 0 Å². The minimum atomic E-state index is -4.71. The number of ether oxygens (including phenoxy) is 5. The number of amides is 1. The SMILES string of the molecule is [C-]#[N+]c1ccc2c(c1)CCCOc1cc(ccc1Cc1nc3c(OCCN(CC(F)(F)F)C(=O)OC(C)(C)C)cc(C(=O)O)cc3n1C[C@@H]1CCO1)-c1cccc(n1)OC2. The first kappa shape index (κ1) is 41.8. The molecule has 1 atom stereocenters. The Bertz CT molecular complexity index is 2430. The van der Waals surface area contributed by atoms with Crippen LogP contribution in [0.2, 0.25) is 0 Å². The second kappa shape index (κ2) is 17.5. The molecule has 7 rings (SSSR count). The molecule has 5 aromatic rings. The molecule has 1 fully saturated rings. The Morgan fingerprint density at radius 1 is 1.02 bits per heavy atom. The average molecular weight is 828 g/mol. The van der Waals surface area contributed by atoms with Crippen LogP contribution in [0.15, 0.2) is 66.7 Å². The third-order valence-electron chi connectivity index (χ3n) is 9.94. The fourth-order valence-corrected chi connectivity index (χ4v) is 6.96. The van der Waals surface area contributed by atoms with Crippen molar-refractivity contribution < 1.29 is 51.6 Å². The maximum Gasteiger partial charge on any atom is 0.410 e. The summed E-state index contributed by atoms with van der Waals surface area (Å²) in [5.41, 5.74) is 4.28. The molecule has 0 aliphatic carbocycles.